The summed E-state index contributed by atoms with van der Waals surface area (Å²) in [5, 5.41) is 6.93. The van der Waals surface area contributed by atoms with Gasteiger partial charge in [-0.3, -0.25) is 0 Å². The predicted octanol–water partition coefficient (Wildman–Crippen LogP) is 1.80. The van der Waals surface area contributed by atoms with Gasteiger partial charge in [0.1, 0.15) is 17.5 Å². The first kappa shape index (κ1) is 14.1. The molecule has 1 atom stereocenters. The lowest BCUT2D eigenvalue weighted by atomic mass is 10.1. The van der Waals surface area contributed by atoms with Crippen LogP contribution in [-0.4, -0.2) is 42.7 Å². The smallest absolute Gasteiger partial charge is 0.134 e. The molecule has 19 heavy (non-hydrogen) atoms. The SMILES string of the molecule is CCN(C)c1cc(NCCC2CCCN2)nc(C)n1. The maximum absolute atomic E-state index is 4.45. The molecule has 0 amide bonds. The number of aryl methyl sites for hydroxylation is 1. The van der Waals surface area contributed by atoms with E-state index >= 15 is 0 Å². The van der Waals surface area contributed by atoms with Crippen molar-refractivity contribution in [2.24, 2.45) is 0 Å². The summed E-state index contributed by atoms with van der Waals surface area (Å²) in [5.41, 5.74) is 0. The lowest BCUT2D eigenvalue weighted by Gasteiger charge is -2.17. The van der Waals surface area contributed by atoms with Gasteiger partial charge in [-0.05, 0) is 39.7 Å². The zero-order valence-corrected chi connectivity index (χ0v) is 12.2. The van der Waals surface area contributed by atoms with E-state index in [4.69, 9.17) is 0 Å². The fourth-order valence-electron chi connectivity index (χ4n) is 2.38. The van der Waals surface area contributed by atoms with Crippen LogP contribution in [0.4, 0.5) is 11.6 Å². The minimum absolute atomic E-state index is 0.674. The van der Waals surface area contributed by atoms with Gasteiger partial charge in [0.25, 0.3) is 0 Å². The van der Waals surface area contributed by atoms with E-state index in [0.717, 1.165) is 37.0 Å². The average Bonchev–Trinajstić information content (AvgIpc) is 2.90. The van der Waals surface area contributed by atoms with Crippen LogP contribution >= 0.6 is 0 Å². The van der Waals surface area contributed by atoms with Gasteiger partial charge in [-0.1, -0.05) is 0 Å². The summed E-state index contributed by atoms with van der Waals surface area (Å²) in [7, 11) is 2.05. The van der Waals surface area contributed by atoms with E-state index in [1.54, 1.807) is 0 Å². The molecule has 1 aliphatic rings. The maximum Gasteiger partial charge on any atom is 0.134 e. The van der Waals surface area contributed by atoms with Gasteiger partial charge in [0.05, 0.1) is 0 Å². The molecule has 2 N–H and O–H groups in total. The number of aromatic nitrogens is 2. The van der Waals surface area contributed by atoms with Gasteiger partial charge in [-0.2, -0.15) is 0 Å². The molecule has 106 valence electrons. The second kappa shape index (κ2) is 6.70. The van der Waals surface area contributed by atoms with Crippen LogP contribution in [0.5, 0.6) is 0 Å². The van der Waals surface area contributed by atoms with Crippen molar-refractivity contribution in [3.05, 3.63) is 11.9 Å². The Morgan fingerprint density at radius 2 is 2.32 bits per heavy atom. The molecule has 0 aliphatic carbocycles. The number of rotatable bonds is 6. The molecular weight excluding hydrogens is 238 g/mol. The van der Waals surface area contributed by atoms with Crippen molar-refractivity contribution in [2.45, 2.75) is 39.2 Å². The van der Waals surface area contributed by atoms with Crippen LogP contribution in [0.25, 0.3) is 0 Å². The van der Waals surface area contributed by atoms with Gasteiger partial charge in [0.15, 0.2) is 0 Å². The molecule has 0 bridgehead atoms. The molecule has 1 unspecified atom stereocenters. The number of nitrogens with zero attached hydrogens (tertiary/aromatic N) is 3. The van der Waals surface area contributed by atoms with Crippen LogP contribution in [0.1, 0.15) is 32.0 Å². The average molecular weight is 263 g/mol. The van der Waals surface area contributed by atoms with Crippen LogP contribution in [0.2, 0.25) is 0 Å². The Labute approximate surface area is 115 Å². The van der Waals surface area contributed by atoms with Crippen LogP contribution < -0.4 is 15.5 Å². The minimum atomic E-state index is 0.674. The molecule has 5 heteroatoms. The number of hydrogen-bond donors (Lipinski definition) is 2. The summed E-state index contributed by atoms with van der Waals surface area (Å²) in [5.74, 6) is 2.73. The molecule has 0 saturated carbocycles. The topological polar surface area (TPSA) is 53.1 Å². The highest BCUT2D eigenvalue weighted by molar-refractivity contribution is 5.48. The highest BCUT2D eigenvalue weighted by Gasteiger charge is 2.13. The van der Waals surface area contributed by atoms with Crippen molar-refractivity contribution in [1.82, 2.24) is 15.3 Å². The van der Waals surface area contributed by atoms with Crippen molar-refractivity contribution in [2.75, 3.05) is 36.9 Å². The van der Waals surface area contributed by atoms with E-state index in [2.05, 4.69) is 32.4 Å². The van der Waals surface area contributed by atoms with Gasteiger partial charge >= 0.3 is 0 Å². The molecule has 2 heterocycles. The number of anilines is 2. The summed E-state index contributed by atoms with van der Waals surface area (Å²) in [6.07, 6.45) is 3.76. The zero-order chi connectivity index (χ0) is 13.7. The van der Waals surface area contributed by atoms with Crippen molar-refractivity contribution in [1.29, 1.82) is 0 Å². The first-order valence-corrected chi connectivity index (χ1v) is 7.23. The third kappa shape index (κ3) is 4.06. The summed E-state index contributed by atoms with van der Waals surface area (Å²) < 4.78 is 0. The van der Waals surface area contributed by atoms with E-state index < -0.39 is 0 Å². The van der Waals surface area contributed by atoms with Crippen molar-refractivity contribution in [3.63, 3.8) is 0 Å². The molecule has 1 aromatic heterocycles. The fourth-order valence-corrected chi connectivity index (χ4v) is 2.38. The summed E-state index contributed by atoms with van der Waals surface area (Å²) in [6.45, 7) is 7.14. The van der Waals surface area contributed by atoms with E-state index in [0.29, 0.717) is 6.04 Å². The Morgan fingerprint density at radius 3 is 3.00 bits per heavy atom. The molecule has 1 saturated heterocycles. The number of nitrogens with one attached hydrogen (secondary N) is 2. The van der Waals surface area contributed by atoms with Gasteiger partial charge in [-0.15, -0.1) is 0 Å². The Hall–Kier alpha value is -1.36. The molecule has 1 aromatic rings. The minimum Gasteiger partial charge on any atom is -0.370 e. The maximum atomic E-state index is 4.45. The lowest BCUT2D eigenvalue weighted by molar-refractivity contribution is 0.574. The number of hydrogen-bond acceptors (Lipinski definition) is 5. The third-order valence-corrected chi connectivity index (χ3v) is 3.65. The van der Waals surface area contributed by atoms with E-state index in [-0.39, 0.29) is 0 Å². The highest BCUT2D eigenvalue weighted by Crippen LogP contribution is 2.15. The lowest BCUT2D eigenvalue weighted by Crippen LogP contribution is -2.24. The Morgan fingerprint density at radius 1 is 1.47 bits per heavy atom. The first-order chi connectivity index (χ1) is 9.19. The molecule has 0 radical (unpaired) electrons. The molecule has 1 fully saturated rings. The first-order valence-electron chi connectivity index (χ1n) is 7.23. The normalized spacial score (nSPS) is 18.6. The molecule has 0 spiro atoms. The fraction of sp³-hybridized carbons (Fsp3) is 0.714. The van der Waals surface area contributed by atoms with Crippen LogP contribution in [-0.2, 0) is 0 Å². The van der Waals surface area contributed by atoms with Gasteiger partial charge in [-0.25, -0.2) is 9.97 Å². The highest BCUT2D eigenvalue weighted by atomic mass is 15.2. The van der Waals surface area contributed by atoms with E-state index in [1.165, 1.54) is 19.4 Å². The molecule has 0 aromatic carbocycles. The molecule has 5 nitrogen and oxygen atoms in total. The standard InChI is InChI=1S/C14H25N5/c1-4-19(3)14-10-13(17-11(2)18-14)16-9-7-12-6-5-8-15-12/h10,12,15H,4-9H2,1-3H3,(H,16,17,18). The van der Waals surface area contributed by atoms with Crippen LogP contribution in [0.3, 0.4) is 0 Å². The Kier molecular flexibility index (Phi) is 4.96. The molecule has 2 rings (SSSR count). The summed E-state index contributed by atoms with van der Waals surface area (Å²) in [4.78, 5) is 11.0. The second-order valence-corrected chi connectivity index (χ2v) is 5.18. The summed E-state index contributed by atoms with van der Waals surface area (Å²) >= 11 is 0. The van der Waals surface area contributed by atoms with Crippen molar-refractivity contribution < 1.29 is 0 Å². The van der Waals surface area contributed by atoms with Crippen LogP contribution in [0.15, 0.2) is 6.07 Å². The monoisotopic (exact) mass is 263 g/mol. The third-order valence-electron chi connectivity index (χ3n) is 3.65. The summed E-state index contributed by atoms with van der Waals surface area (Å²) in [6, 6.07) is 2.70. The van der Waals surface area contributed by atoms with E-state index in [9.17, 15) is 0 Å². The molecular formula is C14H25N5. The van der Waals surface area contributed by atoms with Crippen LogP contribution in [0, 0.1) is 6.92 Å². The van der Waals surface area contributed by atoms with Crippen molar-refractivity contribution >= 4 is 11.6 Å². The quantitative estimate of drug-likeness (QED) is 0.819. The van der Waals surface area contributed by atoms with Gasteiger partial charge < -0.3 is 15.5 Å². The largest absolute Gasteiger partial charge is 0.370 e. The second-order valence-electron chi connectivity index (χ2n) is 5.18. The van der Waals surface area contributed by atoms with Gasteiger partial charge in [0.2, 0.25) is 0 Å². The van der Waals surface area contributed by atoms with Gasteiger partial charge in [0, 0.05) is 32.2 Å². The zero-order valence-electron chi connectivity index (χ0n) is 12.2. The van der Waals surface area contributed by atoms with Crippen molar-refractivity contribution in [3.8, 4) is 0 Å². The van der Waals surface area contributed by atoms with E-state index in [1.807, 2.05) is 20.0 Å². The molecule has 1 aliphatic heterocycles. The Bertz CT molecular complexity index is 401. The Balaban J connectivity index is 1.89. The predicted molar refractivity (Wildman–Crippen MR) is 79.8 cm³/mol.